The van der Waals surface area contributed by atoms with E-state index in [1.165, 1.54) is 5.56 Å². The highest BCUT2D eigenvalue weighted by Gasteiger charge is 2.21. The van der Waals surface area contributed by atoms with Crippen LogP contribution >= 0.6 is 11.6 Å². The molecule has 0 atom stereocenters. The van der Waals surface area contributed by atoms with Gasteiger partial charge in [0.2, 0.25) is 0 Å². The first-order chi connectivity index (χ1) is 12.2. The molecular weight excluding hydrogens is 338 g/mol. The van der Waals surface area contributed by atoms with Crippen molar-refractivity contribution in [2.75, 3.05) is 47.0 Å². The summed E-state index contributed by atoms with van der Waals surface area (Å²) in [5.41, 5.74) is 1.27. The van der Waals surface area contributed by atoms with Crippen LogP contribution in [0.2, 0.25) is 5.02 Å². The summed E-state index contributed by atoms with van der Waals surface area (Å²) in [6, 6.07) is 8.00. The zero-order valence-electron chi connectivity index (χ0n) is 15.3. The zero-order valence-corrected chi connectivity index (χ0v) is 16.1. The molecule has 0 radical (unpaired) electrons. The van der Waals surface area contributed by atoms with Crippen molar-refractivity contribution in [1.82, 2.24) is 10.2 Å². The van der Waals surface area contributed by atoms with Crippen LogP contribution in [0.4, 0.5) is 0 Å². The quantitative estimate of drug-likeness (QED) is 0.436. The minimum Gasteiger partial charge on any atom is -0.385 e. The van der Waals surface area contributed by atoms with Gasteiger partial charge in [-0.2, -0.15) is 0 Å². The number of nitrogens with one attached hydrogen (secondary N) is 1. The van der Waals surface area contributed by atoms with E-state index in [0.717, 1.165) is 69.5 Å². The Balaban J connectivity index is 1.66. The summed E-state index contributed by atoms with van der Waals surface area (Å²) < 4.78 is 11.0. The van der Waals surface area contributed by atoms with Crippen molar-refractivity contribution >= 4 is 17.6 Å². The lowest BCUT2D eigenvalue weighted by Gasteiger charge is -2.34. The maximum Gasteiger partial charge on any atom is 0.193 e. The summed E-state index contributed by atoms with van der Waals surface area (Å²) >= 11 is 5.92. The number of likely N-dealkylation sites (tertiary alicyclic amines) is 1. The standard InChI is InChI=1S/C19H30ClN3O2/c1-21-19(22-11-8-16-4-6-17(20)7-5-16)23-12-9-18(10-13-23)25-15-3-14-24-2/h4-7,18H,3,8-15H2,1-2H3,(H,21,22). The molecule has 0 aliphatic carbocycles. The van der Waals surface area contributed by atoms with Crippen LogP contribution in [0.25, 0.3) is 0 Å². The number of aliphatic imine (C=N–C) groups is 1. The summed E-state index contributed by atoms with van der Waals surface area (Å²) in [6.45, 7) is 4.38. The maximum absolute atomic E-state index is 5.92. The minimum atomic E-state index is 0.361. The van der Waals surface area contributed by atoms with E-state index in [-0.39, 0.29) is 0 Å². The average molecular weight is 368 g/mol. The second-order valence-corrected chi connectivity index (χ2v) is 6.69. The lowest BCUT2D eigenvalue weighted by Crippen LogP contribution is -2.47. The van der Waals surface area contributed by atoms with Crippen LogP contribution in [-0.2, 0) is 15.9 Å². The largest absolute Gasteiger partial charge is 0.385 e. The van der Waals surface area contributed by atoms with Crippen molar-refractivity contribution in [1.29, 1.82) is 0 Å². The number of piperidine rings is 1. The predicted molar refractivity (Wildman–Crippen MR) is 104 cm³/mol. The molecular formula is C19H30ClN3O2. The molecule has 0 bridgehead atoms. The van der Waals surface area contributed by atoms with Gasteiger partial charge in [0.25, 0.3) is 0 Å². The van der Waals surface area contributed by atoms with Gasteiger partial charge in [0, 0.05) is 52.0 Å². The predicted octanol–water partition coefficient (Wildman–Crippen LogP) is 2.98. The molecule has 140 valence electrons. The van der Waals surface area contributed by atoms with Crippen LogP contribution in [-0.4, -0.2) is 64.0 Å². The monoisotopic (exact) mass is 367 g/mol. The number of hydrogen-bond acceptors (Lipinski definition) is 3. The van der Waals surface area contributed by atoms with E-state index in [1.54, 1.807) is 7.11 Å². The SMILES string of the molecule is CN=C(NCCc1ccc(Cl)cc1)N1CCC(OCCCOC)CC1. The van der Waals surface area contributed by atoms with Crippen LogP contribution in [0.15, 0.2) is 29.3 Å². The number of guanidine groups is 1. The molecule has 1 heterocycles. The van der Waals surface area contributed by atoms with Crippen LogP contribution in [0, 0.1) is 0 Å². The van der Waals surface area contributed by atoms with Crippen molar-refractivity contribution in [3.8, 4) is 0 Å². The van der Waals surface area contributed by atoms with Crippen molar-refractivity contribution in [3.05, 3.63) is 34.9 Å². The second kappa shape index (κ2) is 11.3. The highest BCUT2D eigenvalue weighted by Crippen LogP contribution is 2.14. The van der Waals surface area contributed by atoms with E-state index in [0.29, 0.717) is 6.10 Å². The fraction of sp³-hybridized carbons (Fsp3) is 0.632. The number of rotatable bonds is 8. The molecule has 1 saturated heterocycles. The van der Waals surface area contributed by atoms with Gasteiger partial charge in [-0.1, -0.05) is 23.7 Å². The topological polar surface area (TPSA) is 46.1 Å². The Morgan fingerprint density at radius 3 is 2.60 bits per heavy atom. The number of nitrogens with zero attached hydrogens (tertiary/aromatic N) is 2. The fourth-order valence-electron chi connectivity index (χ4n) is 2.99. The molecule has 5 nitrogen and oxygen atoms in total. The van der Waals surface area contributed by atoms with Gasteiger partial charge in [0.15, 0.2) is 5.96 Å². The second-order valence-electron chi connectivity index (χ2n) is 6.25. The normalized spacial score (nSPS) is 16.3. The van der Waals surface area contributed by atoms with E-state index in [9.17, 15) is 0 Å². The smallest absolute Gasteiger partial charge is 0.193 e. The third-order valence-electron chi connectivity index (χ3n) is 4.41. The lowest BCUT2D eigenvalue weighted by molar-refractivity contribution is 0.00992. The van der Waals surface area contributed by atoms with Gasteiger partial charge < -0.3 is 19.7 Å². The van der Waals surface area contributed by atoms with Gasteiger partial charge in [-0.25, -0.2) is 0 Å². The molecule has 25 heavy (non-hydrogen) atoms. The first-order valence-corrected chi connectivity index (χ1v) is 9.41. The summed E-state index contributed by atoms with van der Waals surface area (Å²) in [7, 11) is 3.57. The highest BCUT2D eigenvalue weighted by molar-refractivity contribution is 6.30. The van der Waals surface area contributed by atoms with Gasteiger partial charge in [-0.3, -0.25) is 4.99 Å². The van der Waals surface area contributed by atoms with Crippen LogP contribution < -0.4 is 5.32 Å². The van der Waals surface area contributed by atoms with Gasteiger partial charge in [-0.05, 0) is 43.4 Å². The molecule has 1 fully saturated rings. The molecule has 1 aliphatic heterocycles. The zero-order chi connectivity index (χ0) is 17.9. The first kappa shape index (κ1) is 20.0. The minimum absolute atomic E-state index is 0.361. The van der Waals surface area contributed by atoms with Crippen LogP contribution in [0.3, 0.4) is 0 Å². The Labute approximate surface area is 156 Å². The Morgan fingerprint density at radius 1 is 1.24 bits per heavy atom. The van der Waals surface area contributed by atoms with Crippen LogP contribution in [0.1, 0.15) is 24.8 Å². The van der Waals surface area contributed by atoms with Crippen LogP contribution in [0.5, 0.6) is 0 Å². The van der Waals surface area contributed by atoms with Gasteiger partial charge >= 0.3 is 0 Å². The third kappa shape index (κ3) is 7.22. The number of benzene rings is 1. The molecule has 1 aromatic rings. The molecule has 6 heteroatoms. The molecule has 0 saturated carbocycles. The highest BCUT2D eigenvalue weighted by atomic mass is 35.5. The number of methoxy groups -OCH3 is 1. The van der Waals surface area contributed by atoms with E-state index >= 15 is 0 Å². The molecule has 1 N–H and O–H groups in total. The molecule has 0 spiro atoms. The lowest BCUT2D eigenvalue weighted by atomic mass is 10.1. The molecule has 0 amide bonds. The van der Waals surface area contributed by atoms with E-state index in [4.69, 9.17) is 21.1 Å². The molecule has 0 aromatic heterocycles. The molecule has 2 rings (SSSR count). The van der Waals surface area contributed by atoms with Gasteiger partial charge in [0.1, 0.15) is 0 Å². The van der Waals surface area contributed by atoms with E-state index in [1.807, 2.05) is 19.2 Å². The van der Waals surface area contributed by atoms with E-state index < -0.39 is 0 Å². The fourth-order valence-corrected chi connectivity index (χ4v) is 3.12. The Kier molecular flexibility index (Phi) is 9.08. The number of ether oxygens (including phenoxy) is 2. The number of hydrogen-bond donors (Lipinski definition) is 1. The summed E-state index contributed by atoms with van der Waals surface area (Å²) in [5.74, 6) is 0.979. The summed E-state index contributed by atoms with van der Waals surface area (Å²) in [5, 5.41) is 4.24. The van der Waals surface area contributed by atoms with Crippen molar-refractivity contribution < 1.29 is 9.47 Å². The van der Waals surface area contributed by atoms with Crippen molar-refractivity contribution in [2.45, 2.75) is 31.8 Å². The molecule has 1 aliphatic rings. The van der Waals surface area contributed by atoms with Gasteiger partial charge in [-0.15, -0.1) is 0 Å². The Morgan fingerprint density at radius 2 is 1.96 bits per heavy atom. The van der Waals surface area contributed by atoms with Gasteiger partial charge in [0.05, 0.1) is 6.10 Å². The summed E-state index contributed by atoms with van der Waals surface area (Å²) in [6.07, 6.45) is 4.37. The summed E-state index contributed by atoms with van der Waals surface area (Å²) in [4.78, 5) is 6.74. The van der Waals surface area contributed by atoms with Crippen molar-refractivity contribution in [2.24, 2.45) is 4.99 Å². The van der Waals surface area contributed by atoms with E-state index in [2.05, 4.69) is 27.3 Å². The average Bonchev–Trinajstić information content (AvgIpc) is 2.65. The first-order valence-electron chi connectivity index (χ1n) is 9.03. The Hall–Kier alpha value is -1.30. The maximum atomic E-state index is 5.92. The van der Waals surface area contributed by atoms with Crippen molar-refractivity contribution in [3.63, 3.8) is 0 Å². The molecule has 0 unspecified atom stereocenters. The molecule has 1 aromatic carbocycles. The number of halogens is 1. The Bertz CT molecular complexity index is 514. The third-order valence-corrected chi connectivity index (χ3v) is 4.66.